The van der Waals surface area contributed by atoms with E-state index in [0.717, 1.165) is 35.3 Å². The molecule has 2 rings (SSSR count). The first kappa shape index (κ1) is 9.06. The van der Waals surface area contributed by atoms with Crippen LogP contribution in [0.15, 0.2) is 22.7 Å². The summed E-state index contributed by atoms with van der Waals surface area (Å²) in [5, 5.41) is 5.09. The molecule has 2 aromatic rings. The fourth-order valence-corrected chi connectivity index (χ4v) is 1.51. The highest BCUT2D eigenvalue weighted by Crippen LogP contribution is 2.24. The minimum absolute atomic E-state index is 0.828. The maximum Gasteiger partial charge on any atom is 0.167 e. The highest BCUT2D eigenvalue weighted by molar-refractivity contribution is 5.80. The topological polar surface area (TPSA) is 35.3 Å². The number of methoxy groups -OCH3 is 1. The van der Waals surface area contributed by atoms with Gasteiger partial charge in [-0.2, -0.15) is 0 Å². The Hall–Kier alpha value is -1.51. The van der Waals surface area contributed by atoms with E-state index in [9.17, 15) is 0 Å². The van der Waals surface area contributed by atoms with Gasteiger partial charge in [0.2, 0.25) is 0 Å². The van der Waals surface area contributed by atoms with Gasteiger partial charge in [0.25, 0.3) is 0 Å². The van der Waals surface area contributed by atoms with Crippen LogP contribution in [0.4, 0.5) is 0 Å². The Labute approximate surface area is 82.7 Å². The Kier molecular flexibility index (Phi) is 2.39. The summed E-state index contributed by atoms with van der Waals surface area (Å²) in [5.41, 5.74) is 1.84. The fourth-order valence-electron chi connectivity index (χ4n) is 1.51. The summed E-state index contributed by atoms with van der Waals surface area (Å²) in [4.78, 5) is 0. The third-order valence-electron chi connectivity index (χ3n) is 2.24. The summed E-state index contributed by atoms with van der Waals surface area (Å²) in [6, 6.07) is 5.74. The molecule has 1 heterocycles. The molecule has 0 aliphatic heterocycles. The van der Waals surface area contributed by atoms with Crippen molar-refractivity contribution in [3.05, 3.63) is 23.9 Å². The van der Waals surface area contributed by atoms with Crippen LogP contribution in [-0.2, 0) is 6.42 Å². The van der Waals surface area contributed by atoms with Gasteiger partial charge in [-0.1, -0.05) is 18.5 Å². The summed E-state index contributed by atoms with van der Waals surface area (Å²) in [5.74, 6) is 0.845. The zero-order chi connectivity index (χ0) is 9.97. The predicted octanol–water partition coefficient (Wildman–Crippen LogP) is 2.79. The molecule has 0 saturated carbocycles. The van der Waals surface area contributed by atoms with Crippen molar-refractivity contribution in [3.8, 4) is 5.75 Å². The molecular weight excluding hydrogens is 178 g/mol. The van der Waals surface area contributed by atoms with Gasteiger partial charge in [-0.05, 0) is 24.6 Å². The third-order valence-corrected chi connectivity index (χ3v) is 2.24. The molecule has 1 aromatic carbocycles. The van der Waals surface area contributed by atoms with Crippen molar-refractivity contribution in [3.63, 3.8) is 0 Å². The second-order valence-electron chi connectivity index (χ2n) is 3.24. The predicted molar refractivity (Wildman–Crippen MR) is 54.6 cm³/mol. The Morgan fingerprint density at radius 3 is 3.00 bits per heavy atom. The Bertz CT molecular complexity index is 434. The van der Waals surface area contributed by atoms with Gasteiger partial charge < -0.3 is 9.26 Å². The van der Waals surface area contributed by atoms with E-state index >= 15 is 0 Å². The lowest BCUT2D eigenvalue weighted by atomic mass is 10.1. The number of rotatable bonds is 3. The van der Waals surface area contributed by atoms with Crippen LogP contribution >= 0.6 is 0 Å². The monoisotopic (exact) mass is 191 g/mol. The Morgan fingerprint density at radius 2 is 2.29 bits per heavy atom. The Morgan fingerprint density at radius 1 is 1.43 bits per heavy atom. The third kappa shape index (κ3) is 1.45. The van der Waals surface area contributed by atoms with E-state index in [1.165, 1.54) is 0 Å². The normalized spacial score (nSPS) is 10.7. The molecule has 0 spiro atoms. The molecule has 0 atom stereocenters. The molecule has 0 bridgehead atoms. The van der Waals surface area contributed by atoms with Crippen LogP contribution in [0.25, 0.3) is 11.0 Å². The summed E-state index contributed by atoms with van der Waals surface area (Å²) < 4.78 is 10.4. The van der Waals surface area contributed by atoms with Crippen LogP contribution in [0.3, 0.4) is 0 Å². The minimum Gasteiger partial charge on any atom is -0.497 e. The number of aromatic nitrogens is 1. The van der Waals surface area contributed by atoms with E-state index in [0.29, 0.717) is 0 Å². The zero-order valence-corrected chi connectivity index (χ0v) is 8.41. The van der Waals surface area contributed by atoms with Gasteiger partial charge in [0.05, 0.1) is 12.8 Å². The number of fused-ring (bicyclic) bond motifs is 1. The molecule has 74 valence electrons. The fraction of sp³-hybridized carbons (Fsp3) is 0.364. The van der Waals surface area contributed by atoms with Crippen LogP contribution in [0, 0.1) is 0 Å². The van der Waals surface area contributed by atoms with Crippen LogP contribution in [-0.4, -0.2) is 12.3 Å². The van der Waals surface area contributed by atoms with Crippen LogP contribution < -0.4 is 4.74 Å². The molecule has 0 aliphatic rings. The number of benzene rings is 1. The van der Waals surface area contributed by atoms with Gasteiger partial charge in [0.1, 0.15) is 5.75 Å². The lowest BCUT2D eigenvalue weighted by Gasteiger charge is -1.98. The van der Waals surface area contributed by atoms with Crippen molar-refractivity contribution in [1.29, 1.82) is 0 Å². The van der Waals surface area contributed by atoms with Gasteiger partial charge in [0.15, 0.2) is 5.58 Å². The standard InChI is InChI=1S/C11H13NO2/c1-3-4-10-9-7-8(13-2)5-6-11(9)14-12-10/h5-7H,3-4H2,1-2H3. The second-order valence-corrected chi connectivity index (χ2v) is 3.24. The summed E-state index contributed by atoms with van der Waals surface area (Å²) in [7, 11) is 1.66. The van der Waals surface area contributed by atoms with Crippen molar-refractivity contribution >= 4 is 11.0 Å². The molecule has 0 N–H and O–H groups in total. The average Bonchev–Trinajstić information content (AvgIpc) is 2.61. The lowest BCUT2D eigenvalue weighted by molar-refractivity contribution is 0.415. The second kappa shape index (κ2) is 3.70. The summed E-state index contributed by atoms with van der Waals surface area (Å²) in [6.45, 7) is 2.13. The van der Waals surface area contributed by atoms with E-state index in [-0.39, 0.29) is 0 Å². The first-order chi connectivity index (χ1) is 6.85. The molecule has 1 aromatic heterocycles. The van der Waals surface area contributed by atoms with Crippen LogP contribution in [0.1, 0.15) is 19.0 Å². The van der Waals surface area contributed by atoms with Crippen molar-refractivity contribution in [2.24, 2.45) is 0 Å². The molecule has 0 unspecified atom stereocenters. The number of hydrogen-bond donors (Lipinski definition) is 0. The van der Waals surface area contributed by atoms with Crippen molar-refractivity contribution in [1.82, 2.24) is 5.16 Å². The zero-order valence-electron chi connectivity index (χ0n) is 8.41. The van der Waals surface area contributed by atoms with Gasteiger partial charge >= 0.3 is 0 Å². The Balaban J connectivity index is 2.52. The van der Waals surface area contributed by atoms with E-state index in [2.05, 4.69) is 12.1 Å². The van der Waals surface area contributed by atoms with Crippen molar-refractivity contribution in [2.45, 2.75) is 19.8 Å². The number of hydrogen-bond acceptors (Lipinski definition) is 3. The highest BCUT2D eigenvalue weighted by atomic mass is 16.5. The van der Waals surface area contributed by atoms with Crippen molar-refractivity contribution in [2.75, 3.05) is 7.11 Å². The number of aryl methyl sites for hydroxylation is 1. The first-order valence-corrected chi connectivity index (χ1v) is 4.77. The quantitative estimate of drug-likeness (QED) is 0.748. The summed E-state index contributed by atoms with van der Waals surface area (Å²) >= 11 is 0. The molecule has 0 aliphatic carbocycles. The molecule has 3 heteroatoms. The molecule has 0 amide bonds. The summed E-state index contributed by atoms with van der Waals surface area (Å²) in [6.07, 6.45) is 2.01. The maximum absolute atomic E-state index is 5.20. The molecular formula is C11H13NO2. The van der Waals surface area contributed by atoms with Crippen molar-refractivity contribution < 1.29 is 9.26 Å². The number of nitrogens with zero attached hydrogens (tertiary/aromatic N) is 1. The van der Waals surface area contributed by atoms with Crippen LogP contribution in [0.2, 0.25) is 0 Å². The molecule has 0 fully saturated rings. The first-order valence-electron chi connectivity index (χ1n) is 4.77. The van der Waals surface area contributed by atoms with Gasteiger partial charge in [-0.3, -0.25) is 0 Å². The minimum atomic E-state index is 0.828. The van der Waals surface area contributed by atoms with E-state index in [4.69, 9.17) is 9.26 Å². The molecule has 14 heavy (non-hydrogen) atoms. The van der Waals surface area contributed by atoms with Gasteiger partial charge in [-0.15, -0.1) is 0 Å². The molecule has 0 radical (unpaired) electrons. The highest BCUT2D eigenvalue weighted by Gasteiger charge is 2.07. The molecule has 0 saturated heterocycles. The van der Waals surface area contributed by atoms with Crippen LogP contribution in [0.5, 0.6) is 5.75 Å². The maximum atomic E-state index is 5.20. The van der Waals surface area contributed by atoms with Gasteiger partial charge in [-0.25, -0.2) is 0 Å². The molecule has 3 nitrogen and oxygen atoms in total. The van der Waals surface area contributed by atoms with E-state index in [1.807, 2.05) is 18.2 Å². The number of ether oxygens (including phenoxy) is 1. The van der Waals surface area contributed by atoms with E-state index < -0.39 is 0 Å². The SMILES string of the molecule is CCCc1noc2ccc(OC)cc12. The van der Waals surface area contributed by atoms with Gasteiger partial charge in [0, 0.05) is 5.39 Å². The smallest absolute Gasteiger partial charge is 0.167 e. The van der Waals surface area contributed by atoms with E-state index in [1.54, 1.807) is 7.11 Å². The average molecular weight is 191 g/mol. The largest absolute Gasteiger partial charge is 0.497 e. The lowest BCUT2D eigenvalue weighted by Crippen LogP contribution is -1.85.